The van der Waals surface area contributed by atoms with E-state index in [1.807, 2.05) is 0 Å². The van der Waals surface area contributed by atoms with Crippen LogP contribution in [0.1, 0.15) is 17.3 Å². The molecular formula is C11H11ClN2O3. The van der Waals surface area contributed by atoms with Gasteiger partial charge in [-0.1, -0.05) is 23.8 Å². The number of amides is 1. The lowest BCUT2D eigenvalue weighted by atomic mass is 10.2. The summed E-state index contributed by atoms with van der Waals surface area (Å²) in [6.45, 7) is 5.78. The van der Waals surface area contributed by atoms with Crippen molar-refractivity contribution in [2.75, 3.05) is 6.54 Å². The van der Waals surface area contributed by atoms with Gasteiger partial charge in [-0.15, -0.1) is 0 Å². The number of nitro groups is 1. The molecule has 0 aliphatic rings. The minimum atomic E-state index is -0.599. The Morgan fingerprint density at radius 3 is 2.71 bits per heavy atom. The highest BCUT2D eigenvalue weighted by Gasteiger charge is 2.14. The van der Waals surface area contributed by atoms with Crippen molar-refractivity contribution < 1.29 is 9.72 Å². The lowest BCUT2D eigenvalue weighted by molar-refractivity contribution is -0.384. The number of hydrogen-bond acceptors (Lipinski definition) is 3. The number of nitrogens with one attached hydrogen (secondary N) is 1. The van der Waals surface area contributed by atoms with E-state index < -0.39 is 4.92 Å². The summed E-state index contributed by atoms with van der Waals surface area (Å²) in [7, 11) is 0. The molecule has 1 N–H and O–H groups in total. The minimum Gasteiger partial charge on any atom is -0.348 e. The minimum absolute atomic E-state index is 0.0574. The van der Waals surface area contributed by atoms with Gasteiger partial charge >= 0.3 is 0 Å². The normalized spacial score (nSPS) is 9.76. The monoisotopic (exact) mass is 254 g/mol. The second-order valence-electron chi connectivity index (χ2n) is 3.56. The molecule has 0 atom stereocenters. The quantitative estimate of drug-likeness (QED) is 0.510. The summed E-state index contributed by atoms with van der Waals surface area (Å²) >= 11 is 5.69. The number of benzene rings is 1. The average Bonchev–Trinajstić information content (AvgIpc) is 2.25. The van der Waals surface area contributed by atoms with Gasteiger partial charge in [0.25, 0.3) is 11.6 Å². The molecule has 17 heavy (non-hydrogen) atoms. The van der Waals surface area contributed by atoms with Crippen LogP contribution in [0.2, 0.25) is 5.02 Å². The summed E-state index contributed by atoms with van der Waals surface area (Å²) < 4.78 is 0. The highest BCUT2D eigenvalue weighted by Crippen LogP contribution is 2.24. The molecule has 0 saturated carbocycles. The van der Waals surface area contributed by atoms with Crippen LogP contribution in [0.15, 0.2) is 30.4 Å². The van der Waals surface area contributed by atoms with Crippen molar-refractivity contribution in [3.8, 4) is 0 Å². The Morgan fingerprint density at radius 1 is 1.59 bits per heavy atom. The molecular weight excluding hydrogens is 244 g/mol. The standard InChI is InChI=1S/C11H11ClN2O3/c1-7(2)6-13-11(15)8-3-4-10(14(16)17)9(12)5-8/h3-5H,1,6H2,2H3,(H,13,15). The highest BCUT2D eigenvalue weighted by molar-refractivity contribution is 6.33. The number of carbonyl (C=O) groups excluding carboxylic acids is 1. The SMILES string of the molecule is C=C(C)CNC(=O)c1ccc([N+](=O)[O-])c(Cl)c1. The molecule has 90 valence electrons. The first-order valence-electron chi connectivity index (χ1n) is 4.78. The Bertz CT molecular complexity index is 486. The van der Waals surface area contributed by atoms with E-state index in [0.717, 1.165) is 5.57 Å². The zero-order chi connectivity index (χ0) is 13.0. The van der Waals surface area contributed by atoms with Crippen LogP contribution >= 0.6 is 11.6 Å². The number of carbonyl (C=O) groups is 1. The van der Waals surface area contributed by atoms with Crippen molar-refractivity contribution in [1.82, 2.24) is 5.32 Å². The molecule has 1 aromatic carbocycles. The molecule has 0 heterocycles. The van der Waals surface area contributed by atoms with E-state index in [0.29, 0.717) is 6.54 Å². The summed E-state index contributed by atoms with van der Waals surface area (Å²) in [6.07, 6.45) is 0. The number of halogens is 1. The number of nitrogens with zero attached hydrogens (tertiary/aromatic N) is 1. The lowest BCUT2D eigenvalue weighted by Gasteiger charge is -2.05. The number of rotatable bonds is 4. The molecule has 0 aliphatic carbocycles. The highest BCUT2D eigenvalue weighted by atomic mass is 35.5. The number of hydrogen-bond donors (Lipinski definition) is 1. The van der Waals surface area contributed by atoms with Gasteiger partial charge in [0.15, 0.2) is 0 Å². The van der Waals surface area contributed by atoms with Crippen LogP contribution < -0.4 is 5.32 Å². The molecule has 0 bridgehead atoms. The van der Waals surface area contributed by atoms with Crippen molar-refractivity contribution in [2.24, 2.45) is 0 Å². The summed E-state index contributed by atoms with van der Waals surface area (Å²) in [5.41, 5.74) is 0.872. The van der Waals surface area contributed by atoms with Crippen molar-refractivity contribution in [3.63, 3.8) is 0 Å². The van der Waals surface area contributed by atoms with Crippen molar-refractivity contribution in [3.05, 3.63) is 51.1 Å². The number of nitro benzene ring substituents is 1. The predicted octanol–water partition coefficient (Wildman–Crippen LogP) is 2.55. The van der Waals surface area contributed by atoms with E-state index >= 15 is 0 Å². The third-order valence-corrected chi connectivity index (χ3v) is 2.26. The largest absolute Gasteiger partial charge is 0.348 e. The second-order valence-corrected chi connectivity index (χ2v) is 3.97. The van der Waals surface area contributed by atoms with Crippen LogP contribution in [0.4, 0.5) is 5.69 Å². The fraction of sp³-hybridized carbons (Fsp3) is 0.182. The predicted molar refractivity (Wildman–Crippen MR) is 65.3 cm³/mol. The van der Waals surface area contributed by atoms with Crippen LogP contribution in [-0.2, 0) is 0 Å². The van der Waals surface area contributed by atoms with Gasteiger partial charge in [0.1, 0.15) is 5.02 Å². The summed E-state index contributed by atoms with van der Waals surface area (Å²) in [5.74, 6) is -0.343. The van der Waals surface area contributed by atoms with Gasteiger partial charge in [0.05, 0.1) is 4.92 Å². The molecule has 6 heteroatoms. The van der Waals surface area contributed by atoms with Gasteiger partial charge in [-0.05, 0) is 19.1 Å². The molecule has 0 fully saturated rings. The second kappa shape index (κ2) is 5.45. The van der Waals surface area contributed by atoms with Gasteiger partial charge in [0.2, 0.25) is 0 Å². The van der Waals surface area contributed by atoms with E-state index in [1.165, 1.54) is 18.2 Å². The molecule has 0 radical (unpaired) electrons. The Hall–Kier alpha value is -1.88. The Morgan fingerprint density at radius 2 is 2.24 bits per heavy atom. The first-order chi connectivity index (χ1) is 7.91. The summed E-state index contributed by atoms with van der Waals surface area (Å²) in [4.78, 5) is 21.5. The fourth-order valence-electron chi connectivity index (χ4n) is 1.13. The zero-order valence-corrected chi connectivity index (χ0v) is 9.95. The van der Waals surface area contributed by atoms with Gasteiger partial charge in [-0.25, -0.2) is 0 Å². The topological polar surface area (TPSA) is 72.2 Å². The molecule has 0 aliphatic heterocycles. The maximum atomic E-state index is 11.6. The third-order valence-electron chi connectivity index (χ3n) is 1.96. The molecule has 1 amide bonds. The molecule has 0 spiro atoms. The van der Waals surface area contributed by atoms with Crippen LogP contribution in [-0.4, -0.2) is 17.4 Å². The molecule has 1 aromatic rings. The van der Waals surface area contributed by atoms with Crippen molar-refractivity contribution in [2.45, 2.75) is 6.92 Å². The average molecular weight is 255 g/mol. The van der Waals surface area contributed by atoms with Crippen molar-refractivity contribution in [1.29, 1.82) is 0 Å². The first-order valence-corrected chi connectivity index (χ1v) is 5.16. The maximum absolute atomic E-state index is 11.6. The first kappa shape index (κ1) is 13.2. The molecule has 0 saturated heterocycles. The van der Waals surface area contributed by atoms with E-state index in [9.17, 15) is 14.9 Å². The summed E-state index contributed by atoms with van der Waals surface area (Å²) in [6, 6.07) is 3.84. The van der Waals surface area contributed by atoms with Gasteiger partial charge in [-0.2, -0.15) is 0 Å². The lowest BCUT2D eigenvalue weighted by Crippen LogP contribution is -2.24. The third kappa shape index (κ3) is 3.57. The van der Waals surface area contributed by atoms with E-state index in [1.54, 1.807) is 6.92 Å². The Labute approximate surface area is 103 Å². The van der Waals surface area contributed by atoms with E-state index in [4.69, 9.17) is 11.6 Å². The fourth-order valence-corrected chi connectivity index (χ4v) is 1.38. The van der Waals surface area contributed by atoms with Crippen LogP contribution in [0, 0.1) is 10.1 Å². The van der Waals surface area contributed by atoms with Gasteiger partial charge in [-0.3, -0.25) is 14.9 Å². The molecule has 0 unspecified atom stereocenters. The smallest absolute Gasteiger partial charge is 0.287 e. The Balaban J connectivity index is 2.86. The Kier molecular flexibility index (Phi) is 4.23. The molecule has 0 aromatic heterocycles. The van der Waals surface area contributed by atoms with Gasteiger partial charge in [0, 0.05) is 18.2 Å². The van der Waals surface area contributed by atoms with Crippen molar-refractivity contribution >= 4 is 23.2 Å². The zero-order valence-electron chi connectivity index (χ0n) is 9.20. The van der Waals surface area contributed by atoms with Crippen LogP contribution in [0.5, 0.6) is 0 Å². The molecule has 1 rings (SSSR count). The molecule has 5 nitrogen and oxygen atoms in total. The van der Waals surface area contributed by atoms with E-state index in [2.05, 4.69) is 11.9 Å². The van der Waals surface area contributed by atoms with Gasteiger partial charge < -0.3 is 5.32 Å². The maximum Gasteiger partial charge on any atom is 0.287 e. The van der Waals surface area contributed by atoms with Crippen LogP contribution in [0.25, 0.3) is 0 Å². The van der Waals surface area contributed by atoms with E-state index in [-0.39, 0.29) is 22.2 Å². The summed E-state index contributed by atoms with van der Waals surface area (Å²) in [5, 5.41) is 13.1. The van der Waals surface area contributed by atoms with Crippen LogP contribution in [0.3, 0.4) is 0 Å².